The summed E-state index contributed by atoms with van der Waals surface area (Å²) in [5.74, 6) is 1.08. The Labute approximate surface area is 195 Å². The van der Waals surface area contributed by atoms with Gasteiger partial charge in [-0.3, -0.25) is 0 Å². The first-order chi connectivity index (χ1) is 16.2. The molecule has 0 radical (unpaired) electrons. The summed E-state index contributed by atoms with van der Waals surface area (Å²) >= 11 is 0. The number of nitrogens with zero attached hydrogens (tertiary/aromatic N) is 2. The van der Waals surface area contributed by atoms with Crippen LogP contribution in [0.25, 0.3) is 0 Å². The van der Waals surface area contributed by atoms with Crippen LogP contribution in [0.5, 0.6) is 5.75 Å². The third kappa shape index (κ3) is 3.37. The van der Waals surface area contributed by atoms with Gasteiger partial charge in [-0.25, -0.2) is 9.97 Å². The molecular formula is C28H30N2O3. The fraction of sp³-hybridized carbons (Fsp3) is 0.429. The van der Waals surface area contributed by atoms with Crippen molar-refractivity contribution in [3.8, 4) is 5.75 Å². The summed E-state index contributed by atoms with van der Waals surface area (Å²) in [6.45, 7) is 4.24. The molecule has 0 unspecified atom stereocenters. The van der Waals surface area contributed by atoms with Crippen molar-refractivity contribution in [1.82, 2.24) is 9.97 Å². The monoisotopic (exact) mass is 442 g/mol. The quantitative estimate of drug-likeness (QED) is 0.564. The van der Waals surface area contributed by atoms with E-state index in [0.29, 0.717) is 25.7 Å². The van der Waals surface area contributed by atoms with Crippen LogP contribution in [-0.2, 0) is 27.9 Å². The molecule has 1 saturated carbocycles. The minimum absolute atomic E-state index is 0.192. The zero-order chi connectivity index (χ0) is 22.3. The molecule has 3 atom stereocenters. The van der Waals surface area contributed by atoms with E-state index in [4.69, 9.17) is 19.2 Å². The second-order valence-corrected chi connectivity index (χ2v) is 9.61. The van der Waals surface area contributed by atoms with Crippen molar-refractivity contribution in [1.29, 1.82) is 0 Å². The Bertz CT molecular complexity index is 1130. The molecule has 0 amide bonds. The maximum Gasteiger partial charge on any atom is 0.171 e. The average Bonchev–Trinajstić information content (AvgIpc) is 3.35. The summed E-state index contributed by atoms with van der Waals surface area (Å²) < 4.78 is 18.7. The van der Waals surface area contributed by atoms with Gasteiger partial charge < -0.3 is 14.2 Å². The molecule has 1 aliphatic heterocycles. The van der Waals surface area contributed by atoms with Crippen molar-refractivity contribution in [2.45, 2.75) is 50.4 Å². The highest BCUT2D eigenvalue weighted by Crippen LogP contribution is 2.59. The van der Waals surface area contributed by atoms with Crippen LogP contribution in [0.1, 0.15) is 48.6 Å². The fourth-order valence-corrected chi connectivity index (χ4v) is 6.54. The molecular weight excluding hydrogens is 412 g/mol. The molecule has 5 heteroatoms. The van der Waals surface area contributed by atoms with Crippen LogP contribution in [0.15, 0.2) is 67.1 Å². The normalized spacial score (nSPS) is 27.7. The van der Waals surface area contributed by atoms with E-state index in [-0.39, 0.29) is 11.3 Å². The Hall–Kier alpha value is -2.76. The summed E-state index contributed by atoms with van der Waals surface area (Å²) in [6, 6.07) is 19.0. The summed E-state index contributed by atoms with van der Waals surface area (Å²) in [6.07, 6.45) is 7.58. The first-order valence-electron chi connectivity index (χ1n) is 12.1. The molecule has 1 saturated heterocycles. The molecule has 2 heterocycles. The largest absolute Gasteiger partial charge is 0.489 e. The zero-order valence-electron chi connectivity index (χ0n) is 19.1. The number of benzene rings is 2. The molecule has 0 N–H and O–H groups in total. The second kappa shape index (κ2) is 8.23. The summed E-state index contributed by atoms with van der Waals surface area (Å²) in [5.41, 5.74) is 4.69. The maximum atomic E-state index is 6.24. The van der Waals surface area contributed by atoms with Crippen molar-refractivity contribution in [3.05, 3.63) is 89.5 Å². The molecule has 3 aliphatic rings. The molecule has 2 fully saturated rings. The van der Waals surface area contributed by atoms with Gasteiger partial charge in [-0.1, -0.05) is 49.4 Å². The average molecular weight is 443 g/mol. The predicted molar refractivity (Wildman–Crippen MR) is 125 cm³/mol. The van der Waals surface area contributed by atoms with Crippen LogP contribution in [0.4, 0.5) is 0 Å². The molecule has 2 aliphatic carbocycles. The van der Waals surface area contributed by atoms with Crippen molar-refractivity contribution in [3.63, 3.8) is 0 Å². The van der Waals surface area contributed by atoms with E-state index < -0.39 is 5.79 Å². The summed E-state index contributed by atoms with van der Waals surface area (Å²) in [5, 5.41) is 0. The number of rotatable bonds is 4. The van der Waals surface area contributed by atoms with Crippen LogP contribution in [0.2, 0.25) is 0 Å². The smallest absolute Gasteiger partial charge is 0.171 e. The second-order valence-electron chi connectivity index (χ2n) is 9.61. The Balaban J connectivity index is 1.40. The highest BCUT2D eigenvalue weighted by atomic mass is 16.7. The number of aromatic nitrogens is 2. The molecule has 33 heavy (non-hydrogen) atoms. The van der Waals surface area contributed by atoms with Crippen molar-refractivity contribution in [2.24, 2.45) is 11.8 Å². The van der Waals surface area contributed by atoms with Gasteiger partial charge in [-0.05, 0) is 54.0 Å². The standard InChI is InChI=1S/C28H30N2O3/c1-20-25-11-10-22-17-29-19-30-26(22)27(25,12-13-28(20)32-14-15-33-28)23-8-5-9-24(16-23)31-18-21-6-3-2-4-7-21/h2-9,16-17,19-20,25H,10-15,18H2,1H3/t20-,25-,27+/m0/s1. The summed E-state index contributed by atoms with van der Waals surface area (Å²) in [7, 11) is 0. The van der Waals surface area contributed by atoms with Crippen molar-refractivity contribution >= 4 is 0 Å². The number of aryl methyl sites for hydroxylation is 1. The number of ether oxygens (including phenoxy) is 3. The SMILES string of the molecule is C[C@H]1[C@@H]2CCc3cncnc3[C@@]2(c2cccc(OCc3ccccc3)c2)CCC12OCCO2. The minimum Gasteiger partial charge on any atom is -0.489 e. The Morgan fingerprint density at radius 1 is 1.03 bits per heavy atom. The van der Waals surface area contributed by atoms with Crippen LogP contribution >= 0.6 is 0 Å². The Kier molecular flexibility index (Phi) is 5.19. The molecule has 2 aromatic carbocycles. The number of hydrogen-bond acceptors (Lipinski definition) is 5. The van der Waals surface area contributed by atoms with E-state index in [0.717, 1.165) is 31.4 Å². The van der Waals surface area contributed by atoms with Gasteiger partial charge in [0.2, 0.25) is 0 Å². The van der Waals surface area contributed by atoms with Gasteiger partial charge in [-0.2, -0.15) is 0 Å². The first kappa shape index (κ1) is 20.8. The lowest BCUT2D eigenvalue weighted by Gasteiger charge is -2.55. The Morgan fingerprint density at radius 2 is 1.88 bits per heavy atom. The predicted octanol–water partition coefficient (Wildman–Crippen LogP) is 5.08. The van der Waals surface area contributed by atoms with Gasteiger partial charge in [0.25, 0.3) is 0 Å². The molecule has 5 nitrogen and oxygen atoms in total. The third-order valence-corrected chi connectivity index (χ3v) is 8.11. The number of hydrogen-bond donors (Lipinski definition) is 0. The van der Waals surface area contributed by atoms with Gasteiger partial charge in [-0.15, -0.1) is 0 Å². The first-order valence-corrected chi connectivity index (χ1v) is 12.1. The van der Waals surface area contributed by atoms with Crippen LogP contribution in [0.3, 0.4) is 0 Å². The lowest BCUT2D eigenvalue weighted by atomic mass is 9.52. The van der Waals surface area contributed by atoms with E-state index in [1.54, 1.807) is 6.33 Å². The van der Waals surface area contributed by atoms with Gasteiger partial charge >= 0.3 is 0 Å². The zero-order valence-corrected chi connectivity index (χ0v) is 19.1. The molecule has 170 valence electrons. The molecule has 3 aromatic rings. The fourth-order valence-electron chi connectivity index (χ4n) is 6.54. The Morgan fingerprint density at radius 3 is 2.73 bits per heavy atom. The molecule has 1 aromatic heterocycles. The van der Waals surface area contributed by atoms with Crippen LogP contribution < -0.4 is 4.74 Å². The molecule has 0 bridgehead atoms. The van der Waals surface area contributed by atoms with E-state index >= 15 is 0 Å². The van der Waals surface area contributed by atoms with Gasteiger partial charge in [0, 0.05) is 24.0 Å². The maximum absolute atomic E-state index is 6.24. The van der Waals surface area contributed by atoms with Crippen LogP contribution in [0, 0.1) is 11.8 Å². The van der Waals surface area contributed by atoms with Crippen LogP contribution in [-0.4, -0.2) is 29.0 Å². The van der Waals surface area contributed by atoms with E-state index in [1.807, 2.05) is 24.4 Å². The lowest BCUT2D eigenvalue weighted by molar-refractivity contribution is -0.232. The van der Waals surface area contributed by atoms with Gasteiger partial charge in [0.05, 0.1) is 18.9 Å². The minimum atomic E-state index is -0.458. The third-order valence-electron chi connectivity index (χ3n) is 8.11. The van der Waals surface area contributed by atoms with Gasteiger partial charge in [0.15, 0.2) is 5.79 Å². The number of fused-ring (bicyclic) bond motifs is 3. The lowest BCUT2D eigenvalue weighted by Crippen LogP contribution is -2.57. The molecule has 6 rings (SSSR count). The van der Waals surface area contributed by atoms with E-state index in [1.165, 1.54) is 22.4 Å². The highest BCUT2D eigenvalue weighted by Gasteiger charge is 2.60. The highest BCUT2D eigenvalue weighted by molar-refractivity contribution is 5.46. The van der Waals surface area contributed by atoms with E-state index in [9.17, 15) is 0 Å². The van der Waals surface area contributed by atoms with Crippen molar-refractivity contribution in [2.75, 3.05) is 13.2 Å². The summed E-state index contributed by atoms with van der Waals surface area (Å²) in [4.78, 5) is 9.24. The molecule has 1 spiro atoms. The van der Waals surface area contributed by atoms with Crippen molar-refractivity contribution < 1.29 is 14.2 Å². The van der Waals surface area contributed by atoms with E-state index in [2.05, 4.69) is 48.3 Å². The van der Waals surface area contributed by atoms with Gasteiger partial charge in [0.1, 0.15) is 18.7 Å². The topological polar surface area (TPSA) is 53.5 Å².